The SMILES string of the molecule is CCNC(=NCc1ccc(C)c(F)c1)NCCCN(C)CCOC. The van der Waals surface area contributed by atoms with Gasteiger partial charge in [0, 0.05) is 26.7 Å². The molecule has 0 aliphatic carbocycles. The Hall–Kier alpha value is -1.66. The quantitative estimate of drug-likeness (QED) is 0.390. The summed E-state index contributed by atoms with van der Waals surface area (Å²) < 4.78 is 18.6. The van der Waals surface area contributed by atoms with Gasteiger partial charge in [0.15, 0.2) is 5.96 Å². The fraction of sp³-hybridized carbons (Fsp3) is 0.611. The number of halogens is 1. The molecule has 0 aliphatic heterocycles. The lowest BCUT2D eigenvalue weighted by molar-refractivity contribution is 0.161. The van der Waals surface area contributed by atoms with Crippen LogP contribution in [0.2, 0.25) is 0 Å². The molecule has 0 atom stereocenters. The lowest BCUT2D eigenvalue weighted by Gasteiger charge is -2.17. The molecule has 136 valence electrons. The number of ether oxygens (including phenoxy) is 1. The molecule has 1 aromatic rings. The second-order valence-electron chi connectivity index (χ2n) is 5.86. The zero-order valence-corrected chi connectivity index (χ0v) is 15.4. The van der Waals surface area contributed by atoms with Gasteiger partial charge in [-0.05, 0) is 51.1 Å². The minimum Gasteiger partial charge on any atom is -0.383 e. The molecule has 1 aromatic carbocycles. The normalized spacial score (nSPS) is 11.8. The zero-order valence-electron chi connectivity index (χ0n) is 15.4. The third kappa shape index (κ3) is 8.26. The average Bonchev–Trinajstić information content (AvgIpc) is 2.57. The van der Waals surface area contributed by atoms with E-state index in [-0.39, 0.29) is 5.82 Å². The number of likely N-dealkylation sites (N-methyl/N-ethyl adjacent to an activating group) is 1. The van der Waals surface area contributed by atoms with Gasteiger partial charge in [-0.25, -0.2) is 9.38 Å². The minimum atomic E-state index is -0.181. The van der Waals surface area contributed by atoms with Crippen molar-refractivity contribution in [3.8, 4) is 0 Å². The first-order valence-corrected chi connectivity index (χ1v) is 8.51. The number of methoxy groups -OCH3 is 1. The van der Waals surface area contributed by atoms with Gasteiger partial charge in [-0.1, -0.05) is 12.1 Å². The molecule has 2 N–H and O–H groups in total. The Morgan fingerprint density at radius 1 is 1.29 bits per heavy atom. The van der Waals surface area contributed by atoms with Crippen molar-refractivity contribution in [3.05, 3.63) is 35.1 Å². The molecule has 0 heterocycles. The number of hydrogen-bond donors (Lipinski definition) is 2. The van der Waals surface area contributed by atoms with E-state index in [0.717, 1.165) is 50.7 Å². The van der Waals surface area contributed by atoms with Crippen LogP contribution in [0.1, 0.15) is 24.5 Å². The highest BCUT2D eigenvalue weighted by Crippen LogP contribution is 2.09. The number of guanidine groups is 1. The van der Waals surface area contributed by atoms with Gasteiger partial charge >= 0.3 is 0 Å². The Morgan fingerprint density at radius 3 is 2.75 bits per heavy atom. The highest BCUT2D eigenvalue weighted by Gasteiger charge is 2.02. The third-order valence-corrected chi connectivity index (χ3v) is 3.69. The molecule has 6 heteroatoms. The van der Waals surface area contributed by atoms with E-state index in [1.807, 2.05) is 13.0 Å². The molecule has 5 nitrogen and oxygen atoms in total. The number of nitrogens with zero attached hydrogens (tertiary/aromatic N) is 2. The number of benzene rings is 1. The first-order chi connectivity index (χ1) is 11.6. The predicted octanol–water partition coefficient (Wildman–Crippen LogP) is 2.16. The molecule has 1 rings (SSSR count). The van der Waals surface area contributed by atoms with Crippen molar-refractivity contribution in [1.29, 1.82) is 0 Å². The van der Waals surface area contributed by atoms with E-state index in [1.165, 1.54) is 0 Å². The van der Waals surface area contributed by atoms with Gasteiger partial charge in [-0.3, -0.25) is 0 Å². The Bertz CT molecular complexity index is 508. The van der Waals surface area contributed by atoms with Crippen LogP contribution in [0.15, 0.2) is 23.2 Å². The maximum Gasteiger partial charge on any atom is 0.191 e. The summed E-state index contributed by atoms with van der Waals surface area (Å²) in [5, 5.41) is 6.53. The molecular formula is C18H31FN4O. The number of aliphatic imine (C=N–C) groups is 1. The van der Waals surface area contributed by atoms with Crippen LogP contribution in [-0.4, -0.2) is 57.8 Å². The monoisotopic (exact) mass is 338 g/mol. The first kappa shape index (κ1) is 20.4. The van der Waals surface area contributed by atoms with E-state index in [4.69, 9.17) is 4.74 Å². The number of hydrogen-bond acceptors (Lipinski definition) is 3. The second-order valence-corrected chi connectivity index (χ2v) is 5.86. The second kappa shape index (κ2) is 11.8. The van der Waals surface area contributed by atoms with E-state index in [2.05, 4.69) is 27.6 Å². The van der Waals surface area contributed by atoms with Crippen molar-refractivity contribution >= 4 is 5.96 Å². The summed E-state index contributed by atoms with van der Waals surface area (Å²) in [4.78, 5) is 6.76. The summed E-state index contributed by atoms with van der Waals surface area (Å²) in [7, 11) is 3.80. The van der Waals surface area contributed by atoms with E-state index in [9.17, 15) is 4.39 Å². The summed E-state index contributed by atoms with van der Waals surface area (Å²) >= 11 is 0. The van der Waals surface area contributed by atoms with Crippen LogP contribution in [0.5, 0.6) is 0 Å². The predicted molar refractivity (Wildman–Crippen MR) is 97.9 cm³/mol. The van der Waals surface area contributed by atoms with Crippen molar-refractivity contribution in [2.24, 2.45) is 4.99 Å². The van der Waals surface area contributed by atoms with Gasteiger partial charge in [0.05, 0.1) is 13.2 Å². The van der Waals surface area contributed by atoms with Gasteiger partial charge < -0.3 is 20.3 Å². The van der Waals surface area contributed by atoms with Gasteiger partial charge in [-0.15, -0.1) is 0 Å². The molecule has 0 spiro atoms. The van der Waals surface area contributed by atoms with Crippen molar-refractivity contribution in [1.82, 2.24) is 15.5 Å². The van der Waals surface area contributed by atoms with Crippen molar-refractivity contribution < 1.29 is 9.13 Å². The largest absolute Gasteiger partial charge is 0.383 e. The fourth-order valence-corrected chi connectivity index (χ4v) is 2.16. The van der Waals surface area contributed by atoms with Crippen LogP contribution in [0, 0.1) is 12.7 Å². The Morgan fingerprint density at radius 2 is 2.08 bits per heavy atom. The lowest BCUT2D eigenvalue weighted by atomic mass is 10.1. The minimum absolute atomic E-state index is 0.181. The fourth-order valence-electron chi connectivity index (χ4n) is 2.16. The summed E-state index contributed by atoms with van der Waals surface area (Å²) in [5.41, 5.74) is 1.53. The molecule has 0 amide bonds. The number of aryl methyl sites for hydroxylation is 1. The molecule has 0 aliphatic rings. The maximum atomic E-state index is 13.6. The van der Waals surface area contributed by atoms with Crippen LogP contribution < -0.4 is 10.6 Å². The highest BCUT2D eigenvalue weighted by atomic mass is 19.1. The smallest absolute Gasteiger partial charge is 0.191 e. The van der Waals surface area contributed by atoms with Crippen molar-refractivity contribution in [2.45, 2.75) is 26.8 Å². The van der Waals surface area contributed by atoms with Gasteiger partial charge in [0.1, 0.15) is 5.82 Å². The van der Waals surface area contributed by atoms with Crippen LogP contribution in [0.4, 0.5) is 4.39 Å². The topological polar surface area (TPSA) is 48.9 Å². The molecule has 0 fully saturated rings. The number of rotatable bonds is 10. The lowest BCUT2D eigenvalue weighted by Crippen LogP contribution is -2.38. The Labute approximate surface area is 145 Å². The first-order valence-electron chi connectivity index (χ1n) is 8.51. The molecule has 0 saturated carbocycles. The van der Waals surface area contributed by atoms with Crippen LogP contribution >= 0.6 is 0 Å². The summed E-state index contributed by atoms with van der Waals surface area (Å²) in [6, 6.07) is 5.25. The van der Waals surface area contributed by atoms with Crippen molar-refractivity contribution in [3.63, 3.8) is 0 Å². The van der Waals surface area contributed by atoms with Gasteiger partial charge in [0.25, 0.3) is 0 Å². The molecule has 0 saturated heterocycles. The summed E-state index contributed by atoms with van der Waals surface area (Å²) in [5.74, 6) is 0.581. The standard InChI is InChI=1S/C18H31FN4O/c1-5-20-18(21-9-6-10-23(3)11-12-24-4)22-14-16-8-7-15(2)17(19)13-16/h7-8,13H,5-6,9-12,14H2,1-4H3,(H2,20,21,22). The molecule has 0 radical (unpaired) electrons. The van der Waals surface area contributed by atoms with Crippen LogP contribution in [0.25, 0.3) is 0 Å². The maximum absolute atomic E-state index is 13.6. The molecule has 0 unspecified atom stereocenters. The van der Waals surface area contributed by atoms with Gasteiger partial charge in [0.2, 0.25) is 0 Å². The summed E-state index contributed by atoms with van der Waals surface area (Å²) in [6.07, 6.45) is 1.02. The molecule has 24 heavy (non-hydrogen) atoms. The van der Waals surface area contributed by atoms with E-state index in [1.54, 1.807) is 26.2 Å². The van der Waals surface area contributed by atoms with Crippen LogP contribution in [0.3, 0.4) is 0 Å². The summed E-state index contributed by atoms with van der Waals surface area (Å²) in [6.45, 7) is 8.57. The van der Waals surface area contributed by atoms with E-state index < -0.39 is 0 Å². The van der Waals surface area contributed by atoms with Gasteiger partial charge in [-0.2, -0.15) is 0 Å². The average molecular weight is 338 g/mol. The third-order valence-electron chi connectivity index (χ3n) is 3.69. The molecule has 0 aromatic heterocycles. The van der Waals surface area contributed by atoms with Crippen molar-refractivity contribution in [2.75, 3.05) is 46.9 Å². The molecular weight excluding hydrogens is 307 g/mol. The molecule has 0 bridgehead atoms. The number of nitrogens with one attached hydrogen (secondary N) is 2. The van der Waals surface area contributed by atoms with E-state index in [0.29, 0.717) is 12.1 Å². The highest BCUT2D eigenvalue weighted by molar-refractivity contribution is 5.79. The Balaban J connectivity index is 2.40. The van der Waals surface area contributed by atoms with Crippen LogP contribution in [-0.2, 0) is 11.3 Å². The zero-order chi connectivity index (χ0) is 17.8. The van der Waals surface area contributed by atoms with E-state index >= 15 is 0 Å². The Kier molecular flexibility index (Phi) is 10.0.